The summed E-state index contributed by atoms with van der Waals surface area (Å²) in [4.78, 5) is 14.1. The summed E-state index contributed by atoms with van der Waals surface area (Å²) in [6, 6.07) is 14.9. The fourth-order valence-electron chi connectivity index (χ4n) is 2.43. The van der Waals surface area contributed by atoms with Gasteiger partial charge in [0.2, 0.25) is 0 Å². The maximum Gasteiger partial charge on any atom is 0.256 e. The number of carbonyl (C=O) groups excluding carboxylic acids is 1. The third-order valence-corrected chi connectivity index (χ3v) is 3.66. The Balaban J connectivity index is 1.83. The zero-order valence-electron chi connectivity index (χ0n) is 12.3. The molecule has 2 N–H and O–H groups in total. The minimum Gasteiger partial charge on any atom is -0.497 e. The summed E-state index contributed by atoms with van der Waals surface area (Å²) in [7, 11) is 1.62. The van der Waals surface area contributed by atoms with E-state index in [4.69, 9.17) is 4.74 Å². The van der Waals surface area contributed by atoms with E-state index in [1.807, 2.05) is 42.5 Å². The van der Waals surface area contributed by atoms with Gasteiger partial charge in [0.1, 0.15) is 5.75 Å². The first-order valence-electron chi connectivity index (χ1n) is 7.15. The van der Waals surface area contributed by atoms with Gasteiger partial charge in [0.05, 0.1) is 24.5 Å². The smallest absolute Gasteiger partial charge is 0.256 e. The number of likely N-dealkylation sites (tertiary alicyclic amines) is 1. The van der Waals surface area contributed by atoms with Crippen molar-refractivity contribution in [3.05, 3.63) is 54.1 Å². The Kier molecular flexibility index (Phi) is 3.98. The second kappa shape index (κ2) is 6.07. The number of rotatable bonds is 4. The Bertz CT molecular complexity index is 681. The Morgan fingerprint density at radius 1 is 1.23 bits per heavy atom. The van der Waals surface area contributed by atoms with Crippen LogP contribution >= 0.6 is 0 Å². The van der Waals surface area contributed by atoms with Gasteiger partial charge in [0.15, 0.2) is 0 Å². The third-order valence-electron chi connectivity index (χ3n) is 3.66. The first kappa shape index (κ1) is 14.4. The highest BCUT2D eigenvalue weighted by molar-refractivity contribution is 6.00. The number of aliphatic hydroxyl groups excluding tert-OH is 1. The van der Waals surface area contributed by atoms with Gasteiger partial charge in [-0.25, -0.2) is 0 Å². The molecule has 3 rings (SSSR count). The zero-order valence-corrected chi connectivity index (χ0v) is 12.3. The highest BCUT2D eigenvalue weighted by Gasteiger charge is 2.30. The fraction of sp³-hybridized carbons (Fsp3) is 0.235. The van der Waals surface area contributed by atoms with Crippen molar-refractivity contribution >= 4 is 17.3 Å². The summed E-state index contributed by atoms with van der Waals surface area (Å²) in [6.07, 6.45) is -0.401. The Hall–Kier alpha value is -2.53. The topological polar surface area (TPSA) is 61.8 Å². The van der Waals surface area contributed by atoms with Crippen LogP contribution in [-0.2, 0) is 0 Å². The molecule has 2 aromatic carbocycles. The second-order valence-corrected chi connectivity index (χ2v) is 5.27. The highest BCUT2D eigenvalue weighted by Crippen LogP contribution is 2.25. The first-order chi connectivity index (χ1) is 10.7. The van der Waals surface area contributed by atoms with Crippen LogP contribution < -0.4 is 10.1 Å². The number of nitrogens with zero attached hydrogens (tertiary/aromatic N) is 1. The molecule has 1 aliphatic rings. The van der Waals surface area contributed by atoms with Crippen LogP contribution in [0.1, 0.15) is 10.4 Å². The van der Waals surface area contributed by atoms with Gasteiger partial charge in [0, 0.05) is 24.8 Å². The largest absolute Gasteiger partial charge is 0.497 e. The quantitative estimate of drug-likeness (QED) is 0.909. The molecular weight excluding hydrogens is 280 g/mol. The van der Waals surface area contributed by atoms with Crippen molar-refractivity contribution in [2.75, 3.05) is 25.5 Å². The normalized spacial score (nSPS) is 14.4. The maximum absolute atomic E-state index is 12.5. The molecule has 114 valence electrons. The van der Waals surface area contributed by atoms with Gasteiger partial charge in [-0.1, -0.05) is 18.2 Å². The van der Waals surface area contributed by atoms with Crippen LogP contribution in [0.4, 0.5) is 11.4 Å². The predicted molar refractivity (Wildman–Crippen MR) is 84.6 cm³/mol. The van der Waals surface area contributed by atoms with E-state index in [1.165, 1.54) is 0 Å². The average Bonchev–Trinajstić information content (AvgIpc) is 2.52. The first-order valence-corrected chi connectivity index (χ1v) is 7.15. The average molecular weight is 298 g/mol. The molecule has 22 heavy (non-hydrogen) atoms. The molecule has 0 unspecified atom stereocenters. The summed E-state index contributed by atoms with van der Waals surface area (Å²) in [5, 5.41) is 12.6. The van der Waals surface area contributed by atoms with E-state index in [9.17, 15) is 9.90 Å². The monoisotopic (exact) mass is 298 g/mol. The van der Waals surface area contributed by atoms with E-state index in [-0.39, 0.29) is 5.91 Å². The van der Waals surface area contributed by atoms with Crippen molar-refractivity contribution in [3.8, 4) is 5.75 Å². The lowest BCUT2D eigenvalue weighted by molar-refractivity contribution is 0.00596. The van der Waals surface area contributed by atoms with Crippen molar-refractivity contribution in [3.63, 3.8) is 0 Å². The van der Waals surface area contributed by atoms with Crippen molar-refractivity contribution < 1.29 is 14.6 Å². The van der Waals surface area contributed by atoms with Crippen LogP contribution in [-0.4, -0.2) is 42.2 Å². The molecule has 1 aliphatic heterocycles. The Labute approximate surface area is 129 Å². The van der Waals surface area contributed by atoms with Crippen LogP contribution in [0.3, 0.4) is 0 Å². The number of para-hydroxylation sites is 1. The third kappa shape index (κ3) is 2.89. The number of hydrogen-bond donors (Lipinski definition) is 2. The lowest BCUT2D eigenvalue weighted by Crippen LogP contribution is -2.53. The summed E-state index contributed by atoms with van der Waals surface area (Å²) in [5.74, 6) is 0.677. The summed E-state index contributed by atoms with van der Waals surface area (Å²) >= 11 is 0. The van der Waals surface area contributed by atoms with Crippen molar-refractivity contribution in [2.45, 2.75) is 6.10 Å². The fourth-order valence-corrected chi connectivity index (χ4v) is 2.43. The van der Waals surface area contributed by atoms with E-state index < -0.39 is 6.10 Å². The zero-order chi connectivity index (χ0) is 15.5. The van der Waals surface area contributed by atoms with E-state index in [2.05, 4.69) is 5.32 Å². The van der Waals surface area contributed by atoms with Crippen LogP contribution in [0.5, 0.6) is 5.75 Å². The molecule has 0 radical (unpaired) electrons. The molecule has 0 aliphatic carbocycles. The minimum absolute atomic E-state index is 0.0729. The number of hydrogen-bond acceptors (Lipinski definition) is 4. The Morgan fingerprint density at radius 2 is 2.00 bits per heavy atom. The van der Waals surface area contributed by atoms with Gasteiger partial charge in [-0.3, -0.25) is 4.79 Å². The van der Waals surface area contributed by atoms with Crippen LogP contribution in [0.25, 0.3) is 0 Å². The molecule has 1 fully saturated rings. The maximum atomic E-state index is 12.5. The molecule has 5 heteroatoms. The van der Waals surface area contributed by atoms with Crippen LogP contribution in [0, 0.1) is 0 Å². The number of β-amino-alcohol motifs (C(OH)–C–C–N with tert-alkyl or cyclic N) is 1. The number of aliphatic hydroxyl groups is 1. The molecular formula is C17H18N2O3. The molecule has 0 bridgehead atoms. The predicted octanol–water partition coefficient (Wildman–Crippen LogP) is 2.26. The molecule has 1 heterocycles. The summed E-state index contributed by atoms with van der Waals surface area (Å²) in [6.45, 7) is 0.790. The Morgan fingerprint density at radius 3 is 2.73 bits per heavy atom. The number of carbonyl (C=O) groups is 1. The number of methoxy groups -OCH3 is 1. The van der Waals surface area contributed by atoms with Crippen molar-refractivity contribution in [2.24, 2.45) is 0 Å². The lowest BCUT2D eigenvalue weighted by atomic mass is 10.1. The number of amides is 1. The highest BCUT2D eigenvalue weighted by atomic mass is 16.5. The van der Waals surface area contributed by atoms with Gasteiger partial charge in [-0.05, 0) is 24.3 Å². The van der Waals surface area contributed by atoms with Gasteiger partial charge >= 0.3 is 0 Å². The number of benzene rings is 2. The molecule has 0 aromatic heterocycles. The molecule has 0 saturated carbocycles. The van der Waals surface area contributed by atoms with Crippen LogP contribution in [0.15, 0.2) is 48.5 Å². The number of ether oxygens (including phenoxy) is 1. The van der Waals surface area contributed by atoms with Gasteiger partial charge in [-0.15, -0.1) is 0 Å². The van der Waals surface area contributed by atoms with Crippen LogP contribution in [0.2, 0.25) is 0 Å². The van der Waals surface area contributed by atoms with E-state index >= 15 is 0 Å². The molecule has 2 aromatic rings. The minimum atomic E-state index is -0.401. The standard InChI is InChI=1S/C17H18N2O3/c1-22-14-6-4-5-12(9-14)18-16-8-3-2-7-15(16)17(21)19-10-13(20)11-19/h2-9,13,18,20H,10-11H2,1H3. The molecule has 1 amide bonds. The lowest BCUT2D eigenvalue weighted by Gasteiger charge is -2.36. The molecule has 1 saturated heterocycles. The van der Waals surface area contributed by atoms with E-state index in [0.717, 1.165) is 17.1 Å². The van der Waals surface area contributed by atoms with E-state index in [0.29, 0.717) is 18.7 Å². The van der Waals surface area contributed by atoms with Crippen molar-refractivity contribution in [1.82, 2.24) is 4.90 Å². The number of anilines is 2. The summed E-state index contributed by atoms with van der Waals surface area (Å²) < 4.78 is 5.20. The summed E-state index contributed by atoms with van der Waals surface area (Å²) in [5.41, 5.74) is 2.18. The SMILES string of the molecule is COc1cccc(Nc2ccccc2C(=O)N2CC(O)C2)c1. The van der Waals surface area contributed by atoms with E-state index in [1.54, 1.807) is 18.1 Å². The second-order valence-electron chi connectivity index (χ2n) is 5.27. The molecule has 0 spiro atoms. The van der Waals surface area contributed by atoms with Gasteiger partial charge < -0.3 is 20.1 Å². The van der Waals surface area contributed by atoms with Gasteiger partial charge in [0.25, 0.3) is 5.91 Å². The number of nitrogens with one attached hydrogen (secondary N) is 1. The van der Waals surface area contributed by atoms with Gasteiger partial charge in [-0.2, -0.15) is 0 Å². The molecule has 0 atom stereocenters. The van der Waals surface area contributed by atoms with Crippen molar-refractivity contribution in [1.29, 1.82) is 0 Å². The molecule has 5 nitrogen and oxygen atoms in total.